The van der Waals surface area contributed by atoms with Gasteiger partial charge in [-0.1, -0.05) is 0 Å². The molecule has 0 bridgehead atoms. The van der Waals surface area contributed by atoms with Gasteiger partial charge in [0.15, 0.2) is 0 Å². The minimum atomic E-state index is 0.160. The summed E-state index contributed by atoms with van der Waals surface area (Å²) < 4.78 is 16.3. The number of nitrogens with one attached hydrogen (secondary N) is 1. The van der Waals surface area contributed by atoms with Crippen LogP contribution in [0, 0.1) is 0 Å². The van der Waals surface area contributed by atoms with Crippen molar-refractivity contribution in [3.05, 3.63) is 24.1 Å². The molecule has 2 heterocycles. The number of ether oxygens (including phenoxy) is 2. The molecule has 1 fully saturated rings. The Morgan fingerprint density at radius 1 is 1.25 bits per heavy atom. The molecule has 1 aliphatic heterocycles. The molecule has 1 saturated heterocycles. The van der Waals surface area contributed by atoms with Crippen LogP contribution in [0.3, 0.4) is 0 Å². The van der Waals surface area contributed by atoms with E-state index in [0.29, 0.717) is 17.5 Å². The number of methoxy groups -OCH3 is 2. The van der Waals surface area contributed by atoms with Crippen molar-refractivity contribution in [1.29, 1.82) is 0 Å². The van der Waals surface area contributed by atoms with Gasteiger partial charge in [0.1, 0.15) is 11.5 Å². The van der Waals surface area contributed by atoms with Gasteiger partial charge in [0.05, 0.1) is 25.8 Å². The zero-order valence-electron chi connectivity index (χ0n) is 11.5. The van der Waals surface area contributed by atoms with Crippen LogP contribution in [0.5, 0.6) is 11.5 Å². The predicted octanol–water partition coefficient (Wildman–Crippen LogP) is 2.18. The van der Waals surface area contributed by atoms with Gasteiger partial charge in [0.25, 0.3) is 5.89 Å². The van der Waals surface area contributed by atoms with E-state index < -0.39 is 0 Å². The smallest absolute Gasteiger partial charge is 0.251 e. The molecule has 20 heavy (non-hydrogen) atoms. The Morgan fingerprint density at radius 2 is 2.15 bits per heavy atom. The van der Waals surface area contributed by atoms with Crippen LogP contribution in [-0.4, -0.2) is 31.0 Å². The Labute approximate surface area is 117 Å². The van der Waals surface area contributed by atoms with Crippen molar-refractivity contribution in [1.82, 2.24) is 15.5 Å². The van der Waals surface area contributed by atoms with E-state index in [2.05, 4.69) is 15.5 Å². The van der Waals surface area contributed by atoms with E-state index in [4.69, 9.17) is 13.9 Å². The molecule has 0 spiro atoms. The van der Waals surface area contributed by atoms with Crippen LogP contribution in [0.4, 0.5) is 0 Å². The lowest BCUT2D eigenvalue weighted by Crippen LogP contribution is -2.12. The van der Waals surface area contributed by atoms with Crippen LogP contribution in [-0.2, 0) is 0 Å². The predicted molar refractivity (Wildman–Crippen MR) is 72.8 cm³/mol. The normalized spacial score (nSPS) is 18.2. The van der Waals surface area contributed by atoms with Crippen molar-refractivity contribution in [2.75, 3.05) is 20.8 Å². The fourth-order valence-electron chi connectivity index (χ4n) is 2.36. The Morgan fingerprint density at radius 3 is 2.85 bits per heavy atom. The molecule has 1 aromatic heterocycles. The van der Waals surface area contributed by atoms with Crippen LogP contribution >= 0.6 is 0 Å². The highest BCUT2D eigenvalue weighted by Crippen LogP contribution is 2.33. The second-order valence-electron chi connectivity index (χ2n) is 4.66. The van der Waals surface area contributed by atoms with E-state index in [1.165, 1.54) is 0 Å². The van der Waals surface area contributed by atoms with Crippen molar-refractivity contribution >= 4 is 0 Å². The average molecular weight is 275 g/mol. The lowest BCUT2D eigenvalue weighted by molar-refractivity contribution is 0.400. The largest absolute Gasteiger partial charge is 0.497 e. The molecule has 6 nitrogen and oxygen atoms in total. The van der Waals surface area contributed by atoms with Gasteiger partial charge in [-0.3, -0.25) is 0 Å². The topological polar surface area (TPSA) is 69.4 Å². The number of benzene rings is 1. The standard InChI is InChI=1S/C14H17N3O3/c1-18-9-5-6-12(19-2)10(8-9)13-16-17-14(20-13)11-4-3-7-15-11/h5-6,8,11,15H,3-4,7H2,1-2H3. The minimum Gasteiger partial charge on any atom is -0.497 e. The van der Waals surface area contributed by atoms with E-state index in [1.54, 1.807) is 14.2 Å². The Bertz CT molecular complexity index is 591. The van der Waals surface area contributed by atoms with E-state index in [0.717, 1.165) is 30.7 Å². The molecule has 6 heteroatoms. The zero-order valence-corrected chi connectivity index (χ0v) is 11.5. The Hall–Kier alpha value is -2.08. The summed E-state index contributed by atoms with van der Waals surface area (Å²) in [6.45, 7) is 0.991. The zero-order chi connectivity index (χ0) is 13.9. The van der Waals surface area contributed by atoms with E-state index in [9.17, 15) is 0 Å². The second-order valence-corrected chi connectivity index (χ2v) is 4.66. The second kappa shape index (κ2) is 5.50. The molecular weight excluding hydrogens is 258 g/mol. The third-order valence-corrected chi connectivity index (χ3v) is 3.44. The summed E-state index contributed by atoms with van der Waals surface area (Å²) in [5, 5.41) is 11.6. The first-order valence-corrected chi connectivity index (χ1v) is 6.61. The molecule has 3 rings (SSSR count). The summed E-state index contributed by atoms with van der Waals surface area (Å²) in [5.41, 5.74) is 0.739. The van der Waals surface area contributed by atoms with Gasteiger partial charge in [-0.25, -0.2) is 0 Å². The van der Waals surface area contributed by atoms with E-state index in [1.807, 2.05) is 18.2 Å². The summed E-state index contributed by atoms with van der Waals surface area (Å²) in [6.07, 6.45) is 2.15. The maximum absolute atomic E-state index is 5.78. The van der Waals surface area contributed by atoms with Crippen LogP contribution in [0.2, 0.25) is 0 Å². The first kappa shape index (κ1) is 12.9. The van der Waals surface area contributed by atoms with Crippen molar-refractivity contribution in [2.45, 2.75) is 18.9 Å². The molecule has 0 amide bonds. The van der Waals surface area contributed by atoms with Gasteiger partial charge in [0.2, 0.25) is 5.89 Å². The van der Waals surface area contributed by atoms with E-state index >= 15 is 0 Å². The maximum atomic E-state index is 5.78. The van der Waals surface area contributed by atoms with Gasteiger partial charge in [-0.2, -0.15) is 0 Å². The van der Waals surface area contributed by atoms with Gasteiger partial charge < -0.3 is 19.2 Å². The van der Waals surface area contributed by atoms with E-state index in [-0.39, 0.29) is 6.04 Å². The molecule has 1 aromatic carbocycles. The molecular formula is C14H17N3O3. The number of nitrogens with zero attached hydrogens (tertiary/aromatic N) is 2. The monoisotopic (exact) mass is 275 g/mol. The quantitative estimate of drug-likeness (QED) is 0.922. The summed E-state index contributed by atoms with van der Waals surface area (Å²) in [5.74, 6) is 2.48. The van der Waals surface area contributed by atoms with Crippen LogP contribution in [0.15, 0.2) is 22.6 Å². The lowest BCUT2D eigenvalue weighted by Gasteiger charge is -2.07. The molecule has 1 atom stereocenters. The highest BCUT2D eigenvalue weighted by molar-refractivity contribution is 5.64. The third kappa shape index (κ3) is 2.34. The minimum absolute atomic E-state index is 0.160. The molecule has 0 saturated carbocycles. The number of hydrogen-bond donors (Lipinski definition) is 1. The van der Waals surface area contributed by atoms with Gasteiger partial charge in [0, 0.05) is 0 Å². The highest BCUT2D eigenvalue weighted by atomic mass is 16.5. The van der Waals surface area contributed by atoms with Crippen molar-refractivity contribution in [3.63, 3.8) is 0 Å². The number of hydrogen-bond acceptors (Lipinski definition) is 6. The first-order valence-electron chi connectivity index (χ1n) is 6.61. The Balaban J connectivity index is 1.95. The molecule has 1 N–H and O–H groups in total. The highest BCUT2D eigenvalue weighted by Gasteiger charge is 2.23. The van der Waals surface area contributed by atoms with Crippen molar-refractivity contribution in [3.8, 4) is 23.0 Å². The number of rotatable bonds is 4. The van der Waals surface area contributed by atoms with Gasteiger partial charge >= 0.3 is 0 Å². The van der Waals surface area contributed by atoms with Gasteiger partial charge in [-0.05, 0) is 37.6 Å². The maximum Gasteiger partial charge on any atom is 0.251 e. The van der Waals surface area contributed by atoms with Crippen molar-refractivity contribution in [2.24, 2.45) is 0 Å². The summed E-state index contributed by atoms with van der Waals surface area (Å²) in [7, 11) is 3.23. The van der Waals surface area contributed by atoms with Crippen molar-refractivity contribution < 1.29 is 13.9 Å². The fourth-order valence-corrected chi connectivity index (χ4v) is 2.36. The number of aromatic nitrogens is 2. The molecule has 0 radical (unpaired) electrons. The molecule has 0 aliphatic carbocycles. The summed E-state index contributed by atoms with van der Waals surface area (Å²) >= 11 is 0. The first-order chi connectivity index (χ1) is 9.81. The summed E-state index contributed by atoms with van der Waals surface area (Å²) in [6, 6.07) is 5.65. The molecule has 1 aliphatic rings. The van der Waals surface area contributed by atoms with Crippen LogP contribution in [0.1, 0.15) is 24.8 Å². The van der Waals surface area contributed by atoms with Gasteiger partial charge in [-0.15, -0.1) is 10.2 Å². The third-order valence-electron chi connectivity index (χ3n) is 3.44. The fraction of sp³-hybridized carbons (Fsp3) is 0.429. The molecule has 1 unspecified atom stereocenters. The lowest BCUT2D eigenvalue weighted by atomic mass is 10.2. The SMILES string of the molecule is COc1ccc(OC)c(-c2nnc(C3CCCN3)o2)c1. The molecule has 2 aromatic rings. The molecule has 106 valence electrons. The summed E-state index contributed by atoms with van der Waals surface area (Å²) in [4.78, 5) is 0. The van der Waals surface area contributed by atoms with Crippen LogP contribution < -0.4 is 14.8 Å². The van der Waals surface area contributed by atoms with Crippen LogP contribution in [0.25, 0.3) is 11.5 Å². The average Bonchev–Trinajstić information content (AvgIpc) is 3.17. The Kier molecular flexibility index (Phi) is 3.56.